The molecule has 2 aromatic rings. The molecule has 20 heavy (non-hydrogen) atoms. The van der Waals surface area contributed by atoms with Crippen molar-refractivity contribution in [3.8, 4) is 11.1 Å². The Kier molecular flexibility index (Phi) is 3.45. The van der Waals surface area contributed by atoms with Crippen molar-refractivity contribution < 1.29 is 0 Å². The summed E-state index contributed by atoms with van der Waals surface area (Å²) in [4.78, 5) is 4.52. The third kappa shape index (κ3) is 2.68. The molecule has 3 nitrogen and oxygen atoms in total. The maximum absolute atomic E-state index is 4.52. The van der Waals surface area contributed by atoms with Gasteiger partial charge in [0.1, 0.15) is 0 Å². The zero-order chi connectivity index (χ0) is 14.0. The SMILES string of the molecule is CNC1(CNc2cnc(C)c(-c3ccccc3)c2)CC1. The van der Waals surface area contributed by atoms with E-state index in [0.29, 0.717) is 5.54 Å². The summed E-state index contributed by atoms with van der Waals surface area (Å²) < 4.78 is 0. The number of nitrogens with one attached hydrogen (secondary N) is 2. The highest BCUT2D eigenvalue weighted by Crippen LogP contribution is 2.35. The summed E-state index contributed by atoms with van der Waals surface area (Å²) in [6.45, 7) is 3.02. The summed E-state index contributed by atoms with van der Waals surface area (Å²) in [5.74, 6) is 0. The van der Waals surface area contributed by atoms with Gasteiger partial charge in [-0.25, -0.2) is 0 Å². The number of aryl methyl sites for hydroxylation is 1. The molecule has 1 aromatic carbocycles. The summed E-state index contributed by atoms with van der Waals surface area (Å²) in [6.07, 6.45) is 4.43. The number of hydrogen-bond donors (Lipinski definition) is 2. The van der Waals surface area contributed by atoms with Crippen LogP contribution < -0.4 is 10.6 Å². The van der Waals surface area contributed by atoms with Gasteiger partial charge in [-0.05, 0) is 38.4 Å². The number of likely N-dealkylation sites (N-methyl/N-ethyl adjacent to an activating group) is 1. The highest BCUT2D eigenvalue weighted by atomic mass is 15.1. The number of pyridine rings is 1. The summed E-state index contributed by atoms with van der Waals surface area (Å²) in [5, 5.41) is 6.91. The van der Waals surface area contributed by atoms with Gasteiger partial charge in [-0.1, -0.05) is 30.3 Å². The number of hydrogen-bond acceptors (Lipinski definition) is 3. The molecule has 1 fully saturated rings. The van der Waals surface area contributed by atoms with E-state index >= 15 is 0 Å². The quantitative estimate of drug-likeness (QED) is 0.873. The fraction of sp³-hybridized carbons (Fsp3) is 0.353. The van der Waals surface area contributed by atoms with Crippen molar-refractivity contribution in [3.05, 3.63) is 48.3 Å². The third-order valence-electron chi connectivity index (χ3n) is 4.19. The van der Waals surface area contributed by atoms with Crippen molar-refractivity contribution in [2.24, 2.45) is 0 Å². The van der Waals surface area contributed by atoms with Crippen molar-refractivity contribution >= 4 is 5.69 Å². The van der Waals surface area contributed by atoms with E-state index in [2.05, 4.69) is 52.9 Å². The fourth-order valence-corrected chi connectivity index (χ4v) is 2.48. The maximum Gasteiger partial charge on any atom is 0.0533 e. The van der Waals surface area contributed by atoms with Crippen molar-refractivity contribution in [1.82, 2.24) is 10.3 Å². The first-order valence-electron chi connectivity index (χ1n) is 7.17. The molecule has 0 atom stereocenters. The molecule has 3 rings (SSSR count). The number of aromatic nitrogens is 1. The molecule has 2 N–H and O–H groups in total. The first kappa shape index (κ1) is 13.1. The molecule has 0 saturated heterocycles. The Morgan fingerprint density at radius 3 is 2.60 bits per heavy atom. The van der Waals surface area contributed by atoms with Crippen LogP contribution in [0.5, 0.6) is 0 Å². The predicted molar refractivity (Wildman–Crippen MR) is 83.9 cm³/mol. The highest BCUT2D eigenvalue weighted by molar-refractivity contribution is 5.69. The summed E-state index contributed by atoms with van der Waals surface area (Å²) >= 11 is 0. The van der Waals surface area contributed by atoms with Gasteiger partial charge in [-0.15, -0.1) is 0 Å². The lowest BCUT2D eigenvalue weighted by atomic mass is 10.0. The van der Waals surface area contributed by atoms with Gasteiger partial charge in [0, 0.05) is 23.3 Å². The Hall–Kier alpha value is -1.87. The third-order valence-corrected chi connectivity index (χ3v) is 4.19. The van der Waals surface area contributed by atoms with E-state index in [-0.39, 0.29) is 0 Å². The Balaban J connectivity index is 1.80. The van der Waals surface area contributed by atoms with Crippen LogP contribution in [-0.4, -0.2) is 24.1 Å². The van der Waals surface area contributed by atoms with Gasteiger partial charge in [-0.3, -0.25) is 4.98 Å². The van der Waals surface area contributed by atoms with Crippen LogP contribution in [0.2, 0.25) is 0 Å². The van der Waals surface area contributed by atoms with E-state index in [9.17, 15) is 0 Å². The average molecular weight is 267 g/mol. The van der Waals surface area contributed by atoms with Crippen LogP contribution in [0.4, 0.5) is 5.69 Å². The van der Waals surface area contributed by atoms with Crippen molar-refractivity contribution in [3.63, 3.8) is 0 Å². The number of benzene rings is 1. The molecule has 3 heteroatoms. The number of anilines is 1. The molecule has 1 heterocycles. The molecule has 0 bridgehead atoms. The van der Waals surface area contributed by atoms with Gasteiger partial charge in [0.05, 0.1) is 11.9 Å². The molecule has 104 valence electrons. The first-order valence-corrected chi connectivity index (χ1v) is 7.17. The van der Waals surface area contributed by atoms with Gasteiger partial charge < -0.3 is 10.6 Å². The van der Waals surface area contributed by atoms with Crippen LogP contribution in [0, 0.1) is 6.92 Å². The first-order chi connectivity index (χ1) is 9.72. The summed E-state index contributed by atoms with van der Waals surface area (Å²) in [7, 11) is 2.04. The molecular weight excluding hydrogens is 246 g/mol. The standard InChI is InChI=1S/C17H21N3/c1-13-16(14-6-4-3-5-7-14)10-15(11-19-13)20-12-17(18-2)8-9-17/h3-7,10-11,18,20H,8-9,12H2,1-2H3. The van der Waals surface area contributed by atoms with Gasteiger partial charge >= 0.3 is 0 Å². The average Bonchev–Trinajstić information content (AvgIpc) is 3.28. The van der Waals surface area contributed by atoms with Crippen LogP contribution in [0.15, 0.2) is 42.6 Å². The molecule has 1 aliphatic rings. The summed E-state index contributed by atoms with van der Waals surface area (Å²) in [6, 6.07) is 12.6. The molecule has 0 amide bonds. The molecule has 1 aromatic heterocycles. The molecule has 0 spiro atoms. The van der Waals surface area contributed by atoms with Gasteiger partial charge in [0.25, 0.3) is 0 Å². The van der Waals surface area contributed by atoms with Crippen molar-refractivity contribution in [2.45, 2.75) is 25.3 Å². The van der Waals surface area contributed by atoms with Crippen molar-refractivity contribution in [1.29, 1.82) is 0 Å². The second kappa shape index (κ2) is 5.25. The van der Waals surface area contributed by atoms with Crippen LogP contribution >= 0.6 is 0 Å². The summed E-state index contributed by atoms with van der Waals surface area (Å²) in [5.41, 5.74) is 4.88. The monoisotopic (exact) mass is 267 g/mol. The Morgan fingerprint density at radius 1 is 1.20 bits per heavy atom. The normalized spacial score (nSPS) is 15.9. The van der Waals surface area contributed by atoms with Crippen molar-refractivity contribution in [2.75, 3.05) is 18.9 Å². The minimum atomic E-state index is 0.303. The lowest BCUT2D eigenvalue weighted by Crippen LogP contribution is -2.34. The Bertz CT molecular complexity index is 588. The smallest absolute Gasteiger partial charge is 0.0533 e. The Morgan fingerprint density at radius 2 is 1.95 bits per heavy atom. The zero-order valence-corrected chi connectivity index (χ0v) is 12.1. The van der Waals surface area contributed by atoms with E-state index in [1.807, 2.05) is 19.3 Å². The minimum Gasteiger partial charge on any atom is -0.382 e. The second-order valence-corrected chi connectivity index (χ2v) is 5.61. The minimum absolute atomic E-state index is 0.303. The fourth-order valence-electron chi connectivity index (χ4n) is 2.48. The lowest BCUT2D eigenvalue weighted by Gasteiger charge is -2.16. The molecule has 0 aliphatic heterocycles. The molecule has 1 aliphatic carbocycles. The topological polar surface area (TPSA) is 37.0 Å². The largest absolute Gasteiger partial charge is 0.382 e. The van der Waals surface area contributed by atoms with Crippen LogP contribution in [0.3, 0.4) is 0 Å². The molecular formula is C17H21N3. The molecule has 0 unspecified atom stereocenters. The van der Waals surface area contributed by atoms with E-state index in [0.717, 1.165) is 17.9 Å². The Labute approximate surface area is 120 Å². The highest BCUT2D eigenvalue weighted by Gasteiger charge is 2.40. The molecule has 0 radical (unpaired) electrons. The van der Waals surface area contributed by atoms with Gasteiger partial charge in [-0.2, -0.15) is 0 Å². The van der Waals surface area contributed by atoms with E-state index < -0.39 is 0 Å². The van der Waals surface area contributed by atoms with Crippen LogP contribution in [0.1, 0.15) is 18.5 Å². The zero-order valence-electron chi connectivity index (χ0n) is 12.1. The second-order valence-electron chi connectivity index (χ2n) is 5.61. The lowest BCUT2D eigenvalue weighted by molar-refractivity contribution is 0.578. The van der Waals surface area contributed by atoms with Crippen LogP contribution in [-0.2, 0) is 0 Å². The van der Waals surface area contributed by atoms with E-state index in [1.165, 1.54) is 24.0 Å². The van der Waals surface area contributed by atoms with Gasteiger partial charge in [0.2, 0.25) is 0 Å². The van der Waals surface area contributed by atoms with E-state index in [1.54, 1.807) is 0 Å². The van der Waals surface area contributed by atoms with E-state index in [4.69, 9.17) is 0 Å². The van der Waals surface area contributed by atoms with Gasteiger partial charge in [0.15, 0.2) is 0 Å². The number of nitrogens with zero attached hydrogens (tertiary/aromatic N) is 1. The number of rotatable bonds is 5. The predicted octanol–water partition coefficient (Wildman–Crippen LogP) is 3.22. The maximum atomic E-state index is 4.52. The van der Waals surface area contributed by atoms with Crippen LogP contribution in [0.25, 0.3) is 11.1 Å². The molecule has 1 saturated carbocycles.